The van der Waals surface area contributed by atoms with Gasteiger partial charge in [-0.1, -0.05) is 86.5 Å². The van der Waals surface area contributed by atoms with Crippen LogP contribution in [0.5, 0.6) is 0 Å². The maximum Gasteiger partial charge on any atom is 0.152 e. The number of allylic oxidation sites excluding steroid dienone is 8. The number of nitrogens with one attached hydrogen (secondary N) is 1. The highest BCUT2D eigenvalue weighted by atomic mass is 35.5. The molecule has 0 aromatic heterocycles. The van der Waals surface area contributed by atoms with E-state index in [4.69, 9.17) is 17.0 Å². The van der Waals surface area contributed by atoms with Crippen molar-refractivity contribution in [2.45, 2.75) is 66.8 Å². The van der Waals surface area contributed by atoms with E-state index in [1.165, 1.54) is 5.56 Å². The molecule has 1 heterocycles. The van der Waals surface area contributed by atoms with E-state index in [-0.39, 0.29) is 6.04 Å². The molecule has 1 aliphatic rings. The molecule has 3 nitrogen and oxygen atoms in total. The smallest absolute Gasteiger partial charge is 0.152 e. The van der Waals surface area contributed by atoms with Crippen molar-refractivity contribution in [1.82, 2.24) is 4.90 Å². The number of benzene rings is 1. The Morgan fingerprint density at radius 2 is 1.84 bits per heavy atom. The first-order chi connectivity index (χ1) is 15.2. The summed E-state index contributed by atoms with van der Waals surface area (Å²) in [5.74, 6) is 0. The molecule has 0 radical (unpaired) electrons. The lowest BCUT2D eigenvalue weighted by Crippen LogP contribution is -2.31. The van der Waals surface area contributed by atoms with Crippen molar-refractivity contribution < 1.29 is 0 Å². The van der Waals surface area contributed by atoms with Crippen LogP contribution in [-0.4, -0.2) is 15.8 Å². The van der Waals surface area contributed by atoms with Gasteiger partial charge in [0.15, 0.2) is 5.17 Å². The molecular formula is C28H36ClN3. The Bertz CT molecular complexity index is 1000. The van der Waals surface area contributed by atoms with E-state index in [0.29, 0.717) is 10.9 Å². The standard InChI is InChI=1S/C28H36ClN3/c1-8-13-24(27(19(3)4)20(5)30)17-18-25-21(6)32(22(7)28(29)31-25)26(14-9-2)23-15-11-10-12-16-23/h10-13,15-18,26,30H,7-9,14H2,1-6H3/b18-17-,24-13-,30-20?. The van der Waals surface area contributed by atoms with Crippen molar-refractivity contribution in [2.24, 2.45) is 4.99 Å². The third-order valence-electron chi connectivity index (χ3n) is 5.55. The summed E-state index contributed by atoms with van der Waals surface area (Å²) < 4.78 is 0. The summed E-state index contributed by atoms with van der Waals surface area (Å²) in [5, 5.41) is 8.64. The van der Waals surface area contributed by atoms with Crippen molar-refractivity contribution in [3.63, 3.8) is 0 Å². The molecule has 1 aliphatic heterocycles. The SMILES string of the molecule is C=C1C(Cl)=NC(/C=C\C(=C\CC)C(C(C)=N)=C(C)C)=C(C)N1C(CCC)c1ccccc1. The van der Waals surface area contributed by atoms with Crippen molar-refractivity contribution in [3.05, 3.63) is 94.5 Å². The van der Waals surface area contributed by atoms with E-state index >= 15 is 0 Å². The summed E-state index contributed by atoms with van der Waals surface area (Å²) in [4.78, 5) is 6.87. The molecule has 0 amide bonds. The Morgan fingerprint density at radius 3 is 2.38 bits per heavy atom. The molecule has 2 rings (SSSR count). The van der Waals surface area contributed by atoms with Crippen molar-refractivity contribution in [1.29, 1.82) is 5.41 Å². The largest absolute Gasteiger partial charge is 0.334 e. The van der Waals surface area contributed by atoms with Crippen LogP contribution in [-0.2, 0) is 0 Å². The molecule has 4 heteroatoms. The zero-order valence-corrected chi connectivity index (χ0v) is 21.1. The Hall–Kier alpha value is -2.65. The molecule has 1 N–H and O–H groups in total. The monoisotopic (exact) mass is 449 g/mol. The van der Waals surface area contributed by atoms with Crippen LogP contribution in [0.4, 0.5) is 0 Å². The average molecular weight is 450 g/mol. The van der Waals surface area contributed by atoms with Crippen LogP contribution in [0, 0.1) is 5.41 Å². The highest BCUT2D eigenvalue weighted by molar-refractivity contribution is 6.69. The van der Waals surface area contributed by atoms with E-state index in [2.05, 4.69) is 73.7 Å². The zero-order chi connectivity index (χ0) is 23.8. The molecule has 1 aromatic carbocycles. The minimum Gasteiger partial charge on any atom is -0.334 e. The van der Waals surface area contributed by atoms with Crippen molar-refractivity contribution >= 4 is 22.5 Å². The van der Waals surface area contributed by atoms with Gasteiger partial charge in [0.2, 0.25) is 0 Å². The van der Waals surface area contributed by atoms with Crippen LogP contribution in [0.25, 0.3) is 0 Å². The summed E-state index contributed by atoms with van der Waals surface area (Å²) in [6.07, 6.45) is 9.14. The third kappa shape index (κ3) is 5.98. The Morgan fingerprint density at radius 1 is 1.19 bits per heavy atom. The van der Waals surface area contributed by atoms with Gasteiger partial charge in [-0.3, -0.25) is 0 Å². The summed E-state index contributed by atoms with van der Waals surface area (Å²) in [6.45, 7) is 16.6. The van der Waals surface area contributed by atoms with Gasteiger partial charge in [0, 0.05) is 17.0 Å². The number of halogens is 1. The molecule has 0 spiro atoms. The van der Waals surface area contributed by atoms with Gasteiger partial charge in [-0.05, 0) is 57.7 Å². The average Bonchev–Trinajstić information content (AvgIpc) is 2.75. The van der Waals surface area contributed by atoms with Gasteiger partial charge in [-0.15, -0.1) is 0 Å². The second kappa shape index (κ2) is 11.8. The molecule has 32 heavy (non-hydrogen) atoms. The third-order valence-corrected chi connectivity index (χ3v) is 5.85. The van der Waals surface area contributed by atoms with Gasteiger partial charge in [-0.2, -0.15) is 0 Å². The first-order valence-corrected chi connectivity index (χ1v) is 11.7. The topological polar surface area (TPSA) is 39.5 Å². The highest BCUT2D eigenvalue weighted by Gasteiger charge is 2.28. The second-order valence-electron chi connectivity index (χ2n) is 8.31. The quantitative estimate of drug-likeness (QED) is 0.298. The maximum atomic E-state index is 8.23. The lowest BCUT2D eigenvalue weighted by atomic mass is 9.95. The summed E-state index contributed by atoms with van der Waals surface area (Å²) in [5.41, 5.74) is 7.51. The van der Waals surface area contributed by atoms with Crippen LogP contribution in [0.3, 0.4) is 0 Å². The normalized spacial score (nSPS) is 15.8. The predicted octanol–water partition coefficient (Wildman–Crippen LogP) is 8.49. The fourth-order valence-electron chi connectivity index (χ4n) is 4.17. The minimum atomic E-state index is 0.143. The summed E-state index contributed by atoms with van der Waals surface area (Å²) in [6, 6.07) is 10.6. The minimum absolute atomic E-state index is 0.143. The van der Waals surface area contributed by atoms with Gasteiger partial charge < -0.3 is 10.3 Å². The fourth-order valence-corrected chi connectivity index (χ4v) is 4.35. The molecule has 0 bridgehead atoms. The van der Waals surface area contributed by atoms with Crippen molar-refractivity contribution in [3.8, 4) is 0 Å². The number of nitrogens with zero attached hydrogens (tertiary/aromatic N) is 2. The molecule has 1 aromatic rings. The van der Waals surface area contributed by atoms with Gasteiger partial charge in [-0.25, -0.2) is 4.99 Å². The van der Waals surface area contributed by atoms with Crippen molar-refractivity contribution in [2.75, 3.05) is 0 Å². The molecule has 0 aliphatic carbocycles. The predicted molar refractivity (Wildman–Crippen MR) is 140 cm³/mol. The molecule has 0 saturated carbocycles. The van der Waals surface area contributed by atoms with E-state index < -0.39 is 0 Å². The van der Waals surface area contributed by atoms with Gasteiger partial charge >= 0.3 is 0 Å². The highest BCUT2D eigenvalue weighted by Crippen LogP contribution is 2.37. The first kappa shape index (κ1) is 25.6. The maximum absolute atomic E-state index is 8.23. The Balaban J connectivity index is 2.55. The van der Waals surface area contributed by atoms with Crippen LogP contribution in [0.1, 0.15) is 72.4 Å². The molecule has 1 atom stereocenters. The number of rotatable bonds is 9. The number of hydrogen-bond donors (Lipinski definition) is 1. The lowest BCUT2D eigenvalue weighted by molar-refractivity contribution is 0.309. The molecule has 0 fully saturated rings. The Labute approximate surface area is 199 Å². The van der Waals surface area contributed by atoms with Gasteiger partial charge in [0.1, 0.15) is 0 Å². The van der Waals surface area contributed by atoms with Crippen LogP contribution in [0.2, 0.25) is 0 Å². The number of aliphatic imine (C=N–C) groups is 1. The molecule has 0 saturated heterocycles. The van der Waals surface area contributed by atoms with Crippen LogP contribution < -0.4 is 0 Å². The molecule has 170 valence electrons. The summed E-state index contributed by atoms with van der Waals surface area (Å²) in [7, 11) is 0. The lowest BCUT2D eigenvalue weighted by Gasteiger charge is -2.38. The van der Waals surface area contributed by atoms with E-state index in [9.17, 15) is 0 Å². The first-order valence-electron chi connectivity index (χ1n) is 11.3. The molecular weight excluding hydrogens is 414 g/mol. The van der Waals surface area contributed by atoms with E-state index in [1.54, 1.807) is 0 Å². The Kier molecular flexibility index (Phi) is 9.46. The van der Waals surface area contributed by atoms with E-state index in [1.807, 2.05) is 32.9 Å². The molecule has 1 unspecified atom stereocenters. The number of hydrogen-bond acceptors (Lipinski definition) is 3. The van der Waals surface area contributed by atoms with E-state index in [0.717, 1.165) is 53.1 Å². The van der Waals surface area contributed by atoms with Gasteiger partial charge in [0.05, 0.1) is 17.4 Å². The fraction of sp³-hybridized carbons (Fsp3) is 0.357. The van der Waals surface area contributed by atoms with Crippen LogP contribution >= 0.6 is 11.6 Å². The summed E-state index contributed by atoms with van der Waals surface area (Å²) >= 11 is 6.58. The zero-order valence-electron chi connectivity index (χ0n) is 20.3. The second-order valence-corrected chi connectivity index (χ2v) is 8.66. The van der Waals surface area contributed by atoms with Crippen LogP contribution in [0.15, 0.2) is 93.9 Å². The van der Waals surface area contributed by atoms with Gasteiger partial charge in [0.25, 0.3) is 0 Å².